The van der Waals surface area contributed by atoms with E-state index in [1.54, 1.807) is 0 Å². The number of nitrogens with zero attached hydrogens (tertiary/aromatic N) is 1. The van der Waals surface area contributed by atoms with Gasteiger partial charge < -0.3 is 29.6 Å². The standard InChI is InChI=1S/C25H40N2O5/c1-23(2)15-21(26-16-18-4-5-19(17-28)32-18)25(9-8-24(3,30)14-20(23)25)7-6-22(29)27-10-12-31-13-11-27/h4-5,20-21,26,28,30H,6-17H2,1-3H3/t20-,21-,24+,25+/m0/s1. The summed E-state index contributed by atoms with van der Waals surface area (Å²) in [6.07, 6.45) is 4.85. The van der Waals surface area contributed by atoms with E-state index in [-0.39, 0.29) is 29.4 Å². The highest BCUT2D eigenvalue weighted by molar-refractivity contribution is 5.76. The minimum atomic E-state index is -0.647. The lowest BCUT2D eigenvalue weighted by Gasteiger charge is -2.51. The fourth-order valence-corrected chi connectivity index (χ4v) is 6.65. The van der Waals surface area contributed by atoms with Crippen LogP contribution in [0.25, 0.3) is 0 Å². The Bertz CT molecular complexity index is 798. The lowest BCUT2D eigenvalue weighted by molar-refractivity contribution is -0.137. The Hall–Kier alpha value is -1.41. The predicted molar refractivity (Wildman–Crippen MR) is 121 cm³/mol. The van der Waals surface area contributed by atoms with Crippen LogP contribution in [0.1, 0.15) is 70.8 Å². The largest absolute Gasteiger partial charge is 0.462 e. The molecule has 4 atom stereocenters. The van der Waals surface area contributed by atoms with E-state index in [1.165, 1.54) is 0 Å². The number of morpholine rings is 1. The second-order valence-corrected chi connectivity index (χ2v) is 11.1. The van der Waals surface area contributed by atoms with Crippen LogP contribution in [0.15, 0.2) is 16.5 Å². The smallest absolute Gasteiger partial charge is 0.222 e. The van der Waals surface area contributed by atoms with Gasteiger partial charge in [-0.25, -0.2) is 0 Å². The molecule has 1 saturated heterocycles. The van der Waals surface area contributed by atoms with Crippen molar-refractivity contribution in [3.8, 4) is 0 Å². The van der Waals surface area contributed by atoms with Crippen LogP contribution in [-0.2, 0) is 22.7 Å². The molecular weight excluding hydrogens is 408 g/mol. The van der Waals surface area contributed by atoms with Gasteiger partial charge in [-0.05, 0) is 67.9 Å². The number of ether oxygens (including phenoxy) is 1. The first-order chi connectivity index (χ1) is 15.2. The predicted octanol–water partition coefficient (Wildman–Crippen LogP) is 2.84. The van der Waals surface area contributed by atoms with Crippen molar-refractivity contribution in [2.45, 2.75) is 84.1 Å². The molecule has 0 unspecified atom stereocenters. The number of carbonyl (C=O) groups excluding carboxylic acids is 1. The molecule has 3 aliphatic rings. The lowest BCUT2D eigenvalue weighted by Crippen LogP contribution is -2.51. The van der Waals surface area contributed by atoms with E-state index in [0.717, 1.165) is 37.9 Å². The average molecular weight is 449 g/mol. The zero-order valence-electron chi connectivity index (χ0n) is 19.9. The van der Waals surface area contributed by atoms with E-state index in [4.69, 9.17) is 9.15 Å². The molecule has 0 bridgehead atoms. The first-order valence-corrected chi connectivity index (χ1v) is 12.1. The van der Waals surface area contributed by atoms with Crippen molar-refractivity contribution in [2.24, 2.45) is 16.7 Å². The third kappa shape index (κ3) is 4.76. The van der Waals surface area contributed by atoms with E-state index < -0.39 is 5.60 Å². The molecule has 3 fully saturated rings. The summed E-state index contributed by atoms with van der Waals surface area (Å²) in [7, 11) is 0. The van der Waals surface area contributed by atoms with Gasteiger partial charge in [-0.2, -0.15) is 0 Å². The van der Waals surface area contributed by atoms with Crippen molar-refractivity contribution >= 4 is 5.91 Å². The number of furan rings is 1. The topological polar surface area (TPSA) is 95.2 Å². The van der Waals surface area contributed by atoms with E-state index >= 15 is 0 Å². The molecule has 1 aliphatic heterocycles. The van der Waals surface area contributed by atoms with Crippen molar-refractivity contribution in [3.05, 3.63) is 23.7 Å². The molecule has 1 aromatic heterocycles. The first-order valence-electron chi connectivity index (χ1n) is 12.1. The quantitative estimate of drug-likeness (QED) is 0.594. The molecule has 3 N–H and O–H groups in total. The normalized spacial score (nSPS) is 34.5. The van der Waals surface area contributed by atoms with Crippen molar-refractivity contribution in [1.82, 2.24) is 10.2 Å². The van der Waals surface area contributed by atoms with Crippen LogP contribution < -0.4 is 5.32 Å². The van der Waals surface area contributed by atoms with Gasteiger partial charge in [0.25, 0.3) is 0 Å². The molecule has 32 heavy (non-hydrogen) atoms. The van der Waals surface area contributed by atoms with Gasteiger partial charge in [0.1, 0.15) is 18.1 Å². The molecule has 1 aromatic rings. The molecule has 2 saturated carbocycles. The van der Waals surface area contributed by atoms with Gasteiger partial charge in [0.05, 0.1) is 25.4 Å². The van der Waals surface area contributed by atoms with Crippen molar-refractivity contribution in [2.75, 3.05) is 26.3 Å². The second-order valence-electron chi connectivity index (χ2n) is 11.1. The Balaban J connectivity index is 1.52. The van der Waals surface area contributed by atoms with Gasteiger partial charge in [0.2, 0.25) is 5.91 Å². The van der Waals surface area contributed by atoms with Gasteiger partial charge in [-0.15, -0.1) is 0 Å². The van der Waals surface area contributed by atoms with Gasteiger partial charge in [-0.3, -0.25) is 4.79 Å². The van der Waals surface area contributed by atoms with Crippen molar-refractivity contribution in [1.29, 1.82) is 0 Å². The number of hydrogen-bond donors (Lipinski definition) is 3. The number of fused-ring (bicyclic) bond motifs is 1. The average Bonchev–Trinajstić information content (AvgIpc) is 3.31. The summed E-state index contributed by atoms with van der Waals surface area (Å²) >= 11 is 0. The highest BCUT2D eigenvalue weighted by Crippen LogP contribution is 2.63. The molecule has 0 aromatic carbocycles. The van der Waals surface area contributed by atoms with E-state index in [0.29, 0.717) is 50.9 Å². The lowest BCUT2D eigenvalue weighted by atomic mass is 9.57. The number of hydrogen-bond acceptors (Lipinski definition) is 6. The van der Waals surface area contributed by atoms with Gasteiger partial charge in [-0.1, -0.05) is 13.8 Å². The minimum Gasteiger partial charge on any atom is -0.462 e. The van der Waals surface area contributed by atoms with Crippen LogP contribution in [-0.4, -0.2) is 59.0 Å². The summed E-state index contributed by atoms with van der Waals surface area (Å²) in [6, 6.07) is 3.97. The van der Waals surface area contributed by atoms with Crippen molar-refractivity contribution in [3.63, 3.8) is 0 Å². The Morgan fingerprint density at radius 3 is 2.56 bits per heavy atom. The molecule has 4 rings (SSSR count). The monoisotopic (exact) mass is 448 g/mol. The number of aliphatic hydroxyl groups is 2. The summed E-state index contributed by atoms with van der Waals surface area (Å²) < 4.78 is 11.1. The SMILES string of the molecule is CC1(C)C[C@H](NCc2ccc(CO)o2)[C@]2(CCC(=O)N3CCOCC3)CC[C@@](C)(O)C[C@@H]12. The third-order valence-electron chi connectivity index (χ3n) is 8.40. The van der Waals surface area contributed by atoms with Gasteiger partial charge >= 0.3 is 0 Å². The summed E-state index contributed by atoms with van der Waals surface area (Å²) in [5, 5.41) is 24.0. The van der Waals surface area contributed by atoms with Gasteiger partial charge in [0.15, 0.2) is 0 Å². The zero-order chi connectivity index (χ0) is 23.0. The fraction of sp³-hybridized carbons (Fsp3) is 0.800. The van der Waals surface area contributed by atoms with Crippen LogP contribution in [0.5, 0.6) is 0 Å². The highest BCUT2D eigenvalue weighted by Gasteiger charge is 2.61. The van der Waals surface area contributed by atoms with E-state index in [2.05, 4.69) is 19.2 Å². The van der Waals surface area contributed by atoms with Crippen LogP contribution in [0.4, 0.5) is 0 Å². The molecular formula is C25H40N2O5. The number of nitrogens with one attached hydrogen (secondary N) is 1. The molecule has 180 valence electrons. The molecule has 7 heteroatoms. The number of aliphatic hydroxyl groups excluding tert-OH is 1. The summed E-state index contributed by atoms with van der Waals surface area (Å²) in [6.45, 7) is 9.71. The third-order valence-corrected chi connectivity index (χ3v) is 8.40. The molecule has 2 heterocycles. The second kappa shape index (κ2) is 9.09. The molecule has 2 aliphatic carbocycles. The molecule has 0 radical (unpaired) electrons. The summed E-state index contributed by atoms with van der Waals surface area (Å²) in [5.41, 5.74) is -0.602. The zero-order valence-corrected chi connectivity index (χ0v) is 19.9. The Morgan fingerprint density at radius 2 is 1.88 bits per heavy atom. The van der Waals surface area contributed by atoms with Crippen LogP contribution >= 0.6 is 0 Å². The maximum absolute atomic E-state index is 13.0. The Labute approximate surface area is 191 Å². The van der Waals surface area contributed by atoms with Crippen LogP contribution in [0.3, 0.4) is 0 Å². The molecule has 7 nitrogen and oxygen atoms in total. The highest BCUT2D eigenvalue weighted by atomic mass is 16.5. The molecule has 0 spiro atoms. The van der Waals surface area contributed by atoms with Gasteiger partial charge in [0, 0.05) is 25.6 Å². The minimum absolute atomic E-state index is 0.0277. The number of rotatable bonds is 7. The van der Waals surface area contributed by atoms with E-state index in [9.17, 15) is 15.0 Å². The summed E-state index contributed by atoms with van der Waals surface area (Å²) in [4.78, 5) is 14.9. The number of carbonyl (C=O) groups is 1. The molecule has 1 amide bonds. The maximum Gasteiger partial charge on any atom is 0.222 e. The number of amides is 1. The Morgan fingerprint density at radius 1 is 1.16 bits per heavy atom. The fourth-order valence-electron chi connectivity index (χ4n) is 6.65. The van der Waals surface area contributed by atoms with Crippen LogP contribution in [0, 0.1) is 16.7 Å². The van der Waals surface area contributed by atoms with E-state index in [1.807, 2.05) is 24.0 Å². The summed E-state index contributed by atoms with van der Waals surface area (Å²) in [5.74, 6) is 1.96. The van der Waals surface area contributed by atoms with Crippen molar-refractivity contribution < 1.29 is 24.2 Å². The van der Waals surface area contributed by atoms with Crippen LogP contribution in [0.2, 0.25) is 0 Å². The first kappa shape index (κ1) is 23.7. The maximum atomic E-state index is 13.0. The Kier molecular flexibility index (Phi) is 6.74.